The zero-order valence-electron chi connectivity index (χ0n) is 23.1. The minimum atomic E-state index is -0.0697. The maximum absolute atomic E-state index is 14.1. The molecular weight excluding hydrogens is 476 g/mol. The second-order valence-electron chi connectivity index (χ2n) is 11.2. The van der Waals surface area contributed by atoms with Gasteiger partial charge in [0.2, 0.25) is 0 Å². The van der Waals surface area contributed by atoms with E-state index in [9.17, 15) is 4.79 Å². The molecule has 0 aliphatic heterocycles. The number of fused-ring (bicyclic) bond motifs is 1. The van der Waals surface area contributed by atoms with Crippen LogP contribution in [0.1, 0.15) is 58.9 Å². The van der Waals surface area contributed by atoms with Crippen LogP contribution in [0, 0.1) is 0 Å². The molecule has 0 unspecified atom stereocenters. The number of hydrogen-bond acceptors (Lipinski definition) is 2. The quantitative estimate of drug-likeness (QED) is 0.227. The van der Waals surface area contributed by atoms with Gasteiger partial charge in [-0.2, -0.15) is 0 Å². The molecule has 0 bridgehead atoms. The minimum Gasteiger partial charge on any atom is -0.320 e. The second kappa shape index (κ2) is 11.7. The van der Waals surface area contributed by atoms with Gasteiger partial charge in [-0.3, -0.25) is 9.78 Å². The Morgan fingerprint density at radius 1 is 0.692 bits per heavy atom. The predicted molar refractivity (Wildman–Crippen MR) is 163 cm³/mol. The van der Waals surface area contributed by atoms with Crippen molar-refractivity contribution in [2.24, 2.45) is 0 Å². The van der Waals surface area contributed by atoms with Crippen LogP contribution < -0.4 is 5.32 Å². The summed E-state index contributed by atoms with van der Waals surface area (Å²) in [6, 6.07) is 35.4. The van der Waals surface area contributed by atoms with Crippen LogP contribution in [0.5, 0.6) is 0 Å². The average Bonchev–Trinajstić information content (AvgIpc) is 2.95. The normalized spacial score (nSPS) is 11.5. The van der Waals surface area contributed by atoms with E-state index in [0.29, 0.717) is 0 Å². The fourth-order valence-corrected chi connectivity index (χ4v) is 5.12. The molecule has 0 radical (unpaired) electrons. The number of pyridine rings is 1. The van der Waals surface area contributed by atoms with Crippen LogP contribution in [0.25, 0.3) is 10.9 Å². The molecule has 1 amide bonds. The van der Waals surface area contributed by atoms with Gasteiger partial charge in [0.1, 0.15) is 0 Å². The summed E-state index contributed by atoms with van der Waals surface area (Å²) < 4.78 is 0. The molecule has 1 N–H and O–H groups in total. The number of carbonyl (C=O) groups excluding carboxylic acids is 1. The molecule has 0 aliphatic carbocycles. The number of benzene rings is 4. The van der Waals surface area contributed by atoms with E-state index in [4.69, 9.17) is 0 Å². The van der Waals surface area contributed by atoms with Crippen molar-refractivity contribution in [3.63, 3.8) is 0 Å². The van der Waals surface area contributed by atoms with Crippen molar-refractivity contribution in [3.8, 4) is 0 Å². The Labute approximate surface area is 231 Å². The number of aromatic nitrogens is 1. The van der Waals surface area contributed by atoms with Crippen LogP contribution in [-0.4, -0.2) is 10.9 Å². The van der Waals surface area contributed by atoms with Gasteiger partial charge in [0.15, 0.2) is 0 Å². The molecule has 0 atom stereocenters. The van der Waals surface area contributed by atoms with Crippen molar-refractivity contribution in [2.45, 2.75) is 51.9 Å². The molecule has 5 rings (SSSR count). The Bertz CT molecular complexity index is 1500. The van der Waals surface area contributed by atoms with Crippen LogP contribution in [0.15, 0.2) is 109 Å². The van der Waals surface area contributed by atoms with E-state index >= 15 is 0 Å². The van der Waals surface area contributed by atoms with Gasteiger partial charge >= 0.3 is 0 Å². The Balaban J connectivity index is 1.57. The van der Waals surface area contributed by atoms with Gasteiger partial charge in [-0.25, -0.2) is 0 Å². The third-order valence-corrected chi connectivity index (χ3v) is 7.33. The van der Waals surface area contributed by atoms with Crippen molar-refractivity contribution in [3.05, 3.63) is 143 Å². The zero-order valence-corrected chi connectivity index (χ0v) is 23.1. The highest BCUT2D eigenvalue weighted by atomic mass is 16.1. The van der Waals surface area contributed by atoms with Gasteiger partial charge in [-0.15, -0.1) is 0 Å². The maximum Gasteiger partial charge on any atom is 0.256 e. The van der Waals surface area contributed by atoms with Gasteiger partial charge in [-0.1, -0.05) is 112 Å². The molecule has 0 aliphatic rings. The Hall–Kier alpha value is -4.24. The summed E-state index contributed by atoms with van der Waals surface area (Å²) in [4.78, 5) is 18.7. The molecule has 39 heavy (non-hydrogen) atoms. The lowest BCUT2D eigenvalue weighted by Gasteiger charge is -2.24. The summed E-state index contributed by atoms with van der Waals surface area (Å²) in [5.41, 5.74) is 8.30. The molecule has 3 nitrogen and oxygen atoms in total. The maximum atomic E-state index is 14.1. The SMILES string of the molecule is CC(C)(C)c1cc(CCc2ccccc2)c(C(=O)Nc2cccc3cccnc23)c(CCc2ccccc2)c1. The first-order chi connectivity index (χ1) is 18.9. The van der Waals surface area contributed by atoms with Crippen LogP contribution in [0.2, 0.25) is 0 Å². The number of hydrogen-bond donors (Lipinski definition) is 1. The smallest absolute Gasteiger partial charge is 0.256 e. The molecule has 5 aromatic rings. The molecule has 4 aromatic carbocycles. The number of amides is 1. The lowest BCUT2D eigenvalue weighted by molar-refractivity contribution is 0.102. The molecule has 196 valence electrons. The highest BCUT2D eigenvalue weighted by Crippen LogP contribution is 2.31. The molecule has 1 aromatic heterocycles. The first-order valence-electron chi connectivity index (χ1n) is 13.8. The van der Waals surface area contributed by atoms with Crippen molar-refractivity contribution in [2.75, 3.05) is 5.32 Å². The summed E-state index contributed by atoms with van der Waals surface area (Å²) in [7, 11) is 0. The van der Waals surface area contributed by atoms with E-state index in [1.807, 2.05) is 42.5 Å². The summed E-state index contributed by atoms with van der Waals surface area (Å²) >= 11 is 0. The second-order valence-corrected chi connectivity index (χ2v) is 11.2. The third kappa shape index (κ3) is 6.43. The van der Waals surface area contributed by atoms with E-state index in [1.165, 1.54) is 16.7 Å². The van der Waals surface area contributed by atoms with E-state index in [0.717, 1.165) is 59.0 Å². The first-order valence-corrected chi connectivity index (χ1v) is 13.8. The van der Waals surface area contributed by atoms with Gasteiger partial charge < -0.3 is 5.32 Å². The lowest BCUT2D eigenvalue weighted by atomic mass is 9.81. The molecule has 0 saturated heterocycles. The average molecular weight is 513 g/mol. The Morgan fingerprint density at radius 2 is 1.26 bits per heavy atom. The number of carbonyl (C=O) groups is 1. The number of nitrogens with zero attached hydrogens (tertiary/aromatic N) is 1. The molecule has 0 fully saturated rings. The van der Waals surface area contributed by atoms with Gasteiger partial charge in [0.25, 0.3) is 5.91 Å². The summed E-state index contributed by atoms with van der Waals surface area (Å²) in [6.45, 7) is 6.73. The number of anilines is 1. The standard InChI is InChI=1S/C36H36N2O/c1-36(2,3)31-24-29(21-19-26-12-6-4-7-13-26)33(30(25-31)22-20-27-14-8-5-9-15-27)35(39)38-32-18-10-16-28-17-11-23-37-34(28)32/h4-18,23-25H,19-22H2,1-3H3,(H,38,39). The van der Waals surface area contributed by atoms with Crippen molar-refractivity contribution in [1.29, 1.82) is 0 Å². The molecule has 3 heteroatoms. The van der Waals surface area contributed by atoms with Gasteiger partial charge in [-0.05, 0) is 71.0 Å². The first kappa shape index (κ1) is 26.4. The topological polar surface area (TPSA) is 42.0 Å². The van der Waals surface area contributed by atoms with Crippen LogP contribution in [0.4, 0.5) is 5.69 Å². The molecule has 0 spiro atoms. The van der Waals surface area contributed by atoms with Crippen LogP contribution >= 0.6 is 0 Å². The monoisotopic (exact) mass is 512 g/mol. The number of nitrogens with one attached hydrogen (secondary N) is 1. The highest BCUT2D eigenvalue weighted by molar-refractivity contribution is 6.10. The van der Waals surface area contributed by atoms with Gasteiger partial charge in [0.05, 0.1) is 11.2 Å². The minimum absolute atomic E-state index is 0.0302. The summed E-state index contributed by atoms with van der Waals surface area (Å²) in [6.07, 6.45) is 5.11. The highest BCUT2D eigenvalue weighted by Gasteiger charge is 2.23. The number of aryl methyl sites for hydroxylation is 4. The Morgan fingerprint density at radius 3 is 1.82 bits per heavy atom. The lowest BCUT2D eigenvalue weighted by Crippen LogP contribution is -2.21. The largest absolute Gasteiger partial charge is 0.320 e. The fraction of sp³-hybridized carbons (Fsp3) is 0.222. The predicted octanol–water partition coefficient (Wildman–Crippen LogP) is 8.36. The van der Waals surface area contributed by atoms with Crippen molar-refractivity contribution >= 4 is 22.5 Å². The van der Waals surface area contributed by atoms with E-state index in [-0.39, 0.29) is 11.3 Å². The molecule has 1 heterocycles. The zero-order chi connectivity index (χ0) is 27.2. The number of para-hydroxylation sites is 1. The van der Waals surface area contributed by atoms with E-state index in [2.05, 4.69) is 91.7 Å². The summed E-state index contributed by atoms with van der Waals surface area (Å²) in [5.74, 6) is -0.0697. The van der Waals surface area contributed by atoms with E-state index in [1.54, 1.807) is 6.20 Å². The van der Waals surface area contributed by atoms with Crippen LogP contribution in [0.3, 0.4) is 0 Å². The summed E-state index contributed by atoms with van der Waals surface area (Å²) in [5, 5.41) is 4.24. The van der Waals surface area contributed by atoms with E-state index < -0.39 is 0 Å². The molecule has 0 saturated carbocycles. The van der Waals surface area contributed by atoms with Crippen molar-refractivity contribution < 1.29 is 4.79 Å². The third-order valence-electron chi connectivity index (χ3n) is 7.33. The number of rotatable bonds is 8. The van der Waals surface area contributed by atoms with Crippen LogP contribution in [-0.2, 0) is 31.1 Å². The molecular formula is C36H36N2O. The Kier molecular flexibility index (Phi) is 7.88. The van der Waals surface area contributed by atoms with Crippen molar-refractivity contribution in [1.82, 2.24) is 4.98 Å². The fourth-order valence-electron chi connectivity index (χ4n) is 5.12. The van der Waals surface area contributed by atoms with Gasteiger partial charge in [0, 0.05) is 17.1 Å².